The molecule has 0 radical (unpaired) electrons. The van der Waals surface area contributed by atoms with Gasteiger partial charge in [-0.1, -0.05) is 77.6 Å². The summed E-state index contributed by atoms with van der Waals surface area (Å²) in [5.74, 6) is 0. The molecule has 5 nitrogen and oxygen atoms in total. The maximum absolute atomic E-state index is 10.4. The van der Waals surface area contributed by atoms with E-state index in [1.165, 1.54) is 64.2 Å². The van der Waals surface area contributed by atoms with Crippen LogP contribution in [0.25, 0.3) is 0 Å². The van der Waals surface area contributed by atoms with Crippen molar-refractivity contribution in [3.63, 3.8) is 0 Å². The molecule has 0 saturated heterocycles. The molecule has 136 valence electrons. The predicted molar refractivity (Wildman–Crippen MR) is 91.0 cm³/mol. The zero-order valence-electron chi connectivity index (χ0n) is 16.2. The van der Waals surface area contributed by atoms with E-state index in [1.807, 2.05) is 0 Å². The van der Waals surface area contributed by atoms with Crippen molar-refractivity contribution in [3.05, 3.63) is 0 Å². The number of ether oxygens (including phenoxy) is 1. The summed E-state index contributed by atoms with van der Waals surface area (Å²) < 4.78 is 19.9. The van der Waals surface area contributed by atoms with Crippen molar-refractivity contribution >= 4 is 7.82 Å². The molecular formula is C16H36KO5P. The predicted octanol–water partition coefficient (Wildman–Crippen LogP) is 1.93. The zero-order valence-corrected chi connectivity index (χ0v) is 19.2. The van der Waals surface area contributed by atoms with Crippen LogP contribution in [0, 0.1) is 0 Å². The first kappa shape index (κ1) is 26.9. The minimum absolute atomic E-state index is 0. The van der Waals surface area contributed by atoms with Crippen molar-refractivity contribution in [1.82, 2.24) is 0 Å². The van der Waals surface area contributed by atoms with E-state index in [4.69, 9.17) is 14.5 Å². The Morgan fingerprint density at radius 1 is 0.739 bits per heavy atom. The fraction of sp³-hybridized carbons (Fsp3) is 1.00. The van der Waals surface area contributed by atoms with Crippen LogP contribution in [-0.2, 0) is 13.8 Å². The quantitative estimate of drug-likeness (QED) is 0.230. The van der Waals surface area contributed by atoms with Gasteiger partial charge in [0.1, 0.15) is 0 Å². The van der Waals surface area contributed by atoms with Gasteiger partial charge in [0.15, 0.2) is 0 Å². The van der Waals surface area contributed by atoms with E-state index in [-0.39, 0.29) is 66.0 Å². The summed E-state index contributed by atoms with van der Waals surface area (Å²) >= 11 is 0. The Morgan fingerprint density at radius 2 is 1.17 bits per heavy atom. The number of phosphoric acid groups is 1. The van der Waals surface area contributed by atoms with Crippen molar-refractivity contribution in [1.29, 1.82) is 0 Å². The van der Waals surface area contributed by atoms with Crippen molar-refractivity contribution in [3.8, 4) is 0 Å². The van der Waals surface area contributed by atoms with E-state index in [0.717, 1.165) is 12.8 Å². The summed E-state index contributed by atoms with van der Waals surface area (Å²) in [5.41, 5.74) is 0. The van der Waals surface area contributed by atoms with Gasteiger partial charge in [-0.3, -0.25) is 4.52 Å². The summed E-state index contributed by atoms with van der Waals surface area (Å²) in [4.78, 5) is 16.9. The molecule has 0 unspecified atom stereocenters. The molecule has 7 heteroatoms. The Labute approximate surface area is 186 Å². The average molecular weight is 379 g/mol. The molecule has 0 aromatic heterocycles. The minimum Gasteiger partial charge on any atom is -1.00 e. The maximum atomic E-state index is 10.4. The van der Waals surface area contributed by atoms with Gasteiger partial charge in [0.2, 0.25) is 0 Å². The third-order valence-corrected chi connectivity index (χ3v) is 4.15. The van der Waals surface area contributed by atoms with Crippen LogP contribution in [0.5, 0.6) is 0 Å². The van der Waals surface area contributed by atoms with Gasteiger partial charge in [0.25, 0.3) is 0 Å². The second kappa shape index (κ2) is 20.0. The number of hydrogen-bond donors (Lipinski definition) is 2. The monoisotopic (exact) mass is 378 g/mol. The fourth-order valence-corrected chi connectivity index (χ4v) is 2.67. The second-order valence-corrected chi connectivity index (χ2v) is 7.06. The average Bonchev–Trinajstić information content (AvgIpc) is 2.45. The molecule has 0 amide bonds. The normalized spacial score (nSPS) is 11.4. The van der Waals surface area contributed by atoms with E-state index >= 15 is 0 Å². The van der Waals surface area contributed by atoms with Crippen molar-refractivity contribution in [2.75, 3.05) is 19.8 Å². The molecule has 0 bridgehead atoms. The summed E-state index contributed by atoms with van der Waals surface area (Å²) in [7, 11) is -4.33. The van der Waals surface area contributed by atoms with Gasteiger partial charge in [0, 0.05) is 6.61 Å². The van der Waals surface area contributed by atoms with Gasteiger partial charge in [-0.2, -0.15) is 0 Å². The molecule has 0 rings (SSSR count). The number of hydrogen-bond acceptors (Lipinski definition) is 3. The van der Waals surface area contributed by atoms with Crippen LogP contribution >= 0.6 is 7.82 Å². The van der Waals surface area contributed by atoms with E-state index in [9.17, 15) is 4.57 Å². The van der Waals surface area contributed by atoms with Gasteiger partial charge < -0.3 is 16.0 Å². The Morgan fingerprint density at radius 3 is 1.61 bits per heavy atom. The Bertz CT molecular complexity index is 279. The Kier molecular flexibility index (Phi) is 23.4. The smallest absolute Gasteiger partial charge is 1.00 e. The van der Waals surface area contributed by atoms with Crippen LogP contribution in [0.4, 0.5) is 0 Å². The number of phosphoric ester groups is 1. The van der Waals surface area contributed by atoms with E-state index in [1.54, 1.807) is 0 Å². The topological polar surface area (TPSA) is 76.0 Å². The molecule has 0 aliphatic carbocycles. The number of rotatable bonds is 17. The molecule has 0 saturated carbocycles. The largest absolute Gasteiger partial charge is 1.00 e. The first-order chi connectivity index (χ1) is 10.6. The van der Waals surface area contributed by atoms with Gasteiger partial charge >= 0.3 is 59.2 Å². The van der Waals surface area contributed by atoms with Gasteiger partial charge in [-0.05, 0) is 6.42 Å². The minimum atomic E-state index is -4.33. The fourth-order valence-electron chi connectivity index (χ4n) is 2.36. The zero-order chi connectivity index (χ0) is 16.5. The van der Waals surface area contributed by atoms with Gasteiger partial charge in [-0.15, -0.1) is 0 Å². The molecule has 23 heavy (non-hydrogen) atoms. The Hall–Kier alpha value is 1.71. The molecule has 0 heterocycles. The Balaban J connectivity index is -0.00000220. The number of unbranched alkanes of at least 4 members (excludes halogenated alkanes) is 11. The summed E-state index contributed by atoms with van der Waals surface area (Å²) in [6, 6.07) is 0. The summed E-state index contributed by atoms with van der Waals surface area (Å²) in [5, 5.41) is 0. The molecule has 0 fully saturated rings. The third kappa shape index (κ3) is 26.1. The van der Waals surface area contributed by atoms with Gasteiger partial charge in [-0.25, -0.2) is 4.57 Å². The van der Waals surface area contributed by atoms with E-state index in [0.29, 0.717) is 6.61 Å². The molecule has 0 aromatic carbocycles. The van der Waals surface area contributed by atoms with Crippen LogP contribution in [0.15, 0.2) is 0 Å². The molecule has 0 aliphatic rings. The van der Waals surface area contributed by atoms with E-state index in [2.05, 4.69) is 11.4 Å². The first-order valence-corrected chi connectivity index (χ1v) is 10.4. The van der Waals surface area contributed by atoms with Gasteiger partial charge in [0.05, 0.1) is 13.2 Å². The molecule has 0 aromatic rings. The molecule has 0 spiro atoms. The maximum Gasteiger partial charge on any atom is 1.00 e. The molecule has 0 atom stereocenters. The van der Waals surface area contributed by atoms with Crippen LogP contribution in [0.1, 0.15) is 85.4 Å². The second-order valence-electron chi connectivity index (χ2n) is 5.83. The van der Waals surface area contributed by atoms with Crippen LogP contribution in [0.3, 0.4) is 0 Å². The molecular weight excluding hydrogens is 342 g/mol. The van der Waals surface area contributed by atoms with Crippen LogP contribution < -0.4 is 51.4 Å². The standard InChI is InChI=1S/C16H35O5P.K.H/c1-2-3-4-5-6-7-8-9-10-11-12-13-14-20-15-16-21-22(17,18)19;;/h2-16H2,1H3,(H2,17,18,19);;/q;+1;-1. The molecule has 0 aliphatic heterocycles. The molecule has 2 N–H and O–H groups in total. The summed E-state index contributed by atoms with van der Waals surface area (Å²) in [6.45, 7) is 3.08. The van der Waals surface area contributed by atoms with E-state index < -0.39 is 7.82 Å². The van der Waals surface area contributed by atoms with Crippen molar-refractivity contribution in [2.24, 2.45) is 0 Å². The SMILES string of the molecule is CCCCCCCCCCCCCCOCCOP(=O)(O)O.[H-].[K+]. The first-order valence-electron chi connectivity index (χ1n) is 8.84. The van der Waals surface area contributed by atoms with Crippen molar-refractivity contribution < 1.29 is 76.4 Å². The van der Waals surface area contributed by atoms with Crippen LogP contribution in [0.2, 0.25) is 0 Å². The van der Waals surface area contributed by atoms with Crippen LogP contribution in [-0.4, -0.2) is 29.6 Å². The van der Waals surface area contributed by atoms with Crippen molar-refractivity contribution in [2.45, 2.75) is 84.0 Å². The third-order valence-electron chi connectivity index (χ3n) is 3.63. The summed E-state index contributed by atoms with van der Waals surface area (Å²) in [6.07, 6.45) is 15.7.